The van der Waals surface area contributed by atoms with Crippen molar-refractivity contribution in [2.75, 3.05) is 0 Å². The van der Waals surface area contributed by atoms with E-state index in [0.29, 0.717) is 12.0 Å². The lowest BCUT2D eigenvalue weighted by molar-refractivity contribution is -0.137. The Kier molecular flexibility index (Phi) is 4.75. The van der Waals surface area contributed by atoms with Gasteiger partial charge in [0.1, 0.15) is 0 Å². The Hall–Kier alpha value is -3.33. The minimum Gasteiger partial charge on any atom is -0.310 e. The van der Waals surface area contributed by atoms with Crippen LogP contribution in [0.25, 0.3) is 16.1 Å². The van der Waals surface area contributed by atoms with Crippen molar-refractivity contribution in [2.45, 2.75) is 31.5 Å². The van der Waals surface area contributed by atoms with Gasteiger partial charge < -0.3 is 4.57 Å². The van der Waals surface area contributed by atoms with Crippen LogP contribution in [-0.4, -0.2) is 4.57 Å². The highest BCUT2D eigenvalue weighted by atomic mass is 19.4. The van der Waals surface area contributed by atoms with E-state index >= 15 is 0 Å². The molecule has 1 aromatic heterocycles. The van der Waals surface area contributed by atoms with E-state index in [1.807, 2.05) is 24.3 Å². The second-order valence-corrected chi connectivity index (χ2v) is 7.05. The third-order valence-electron chi connectivity index (χ3n) is 5.35. The molecule has 6 heteroatoms. The van der Waals surface area contributed by atoms with E-state index in [-0.39, 0.29) is 5.69 Å². The Bertz CT molecular complexity index is 1160. The van der Waals surface area contributed by atoms with Gasteiger partial charge >= 0.3 is 6.18 Å². The van der Waals surface area contributed by atoms with Crippen molar-refractivity contribution in [2.24, 2.45) is 0 Å². The Morgan fingerprint density at radius 2 is 1.72 bits per heavy atom. The first-order chi connectivity index (χ1) is 13.9. The summed E-state index contributed by atoms with van der Waals surface area (Å²) in [6, 6.07) is 16.8. The number of rotatable bonds is 2. The van der Waals surface area contributed by atoms with Gasteiger partial charge in [-0.1, -0.05) is 54.6 Å². The zero-order valence-corrected chi connectivity index (χ0v) is 15.4. The summed E-state index contributed by atoms with van der Waals surface area (Å²) in [5.74, 6) is 0. The third kappa shape index (κ3) is 3.33. The van der Waals surface area contributed by atoms with Gasteiger partial charge in [0.05, 0.1) is 18.2 Å². The maximum atomic E-state index is 13.6. The van der Waals surface area contributed by atoms with E-state index in [0.717, 1.165) is 30.0 Å². The number of nitrogens with zero attached hydrogens (tertiary/aromatic N) is 2. The van der Waals surface area contributed by atoms with E-state index in [9.17, 15) is 18.0 Å². The van der Waals surface area contributed by atoms with Crippen molar-refractivity contribution in [3.05, 3.63) is 99.1 Å². The molecule has 0 amide bonds. The van der Waals surface area contributed by atoms with E-state index < -0.39 is 29.0 Å². The van der Waals surface area contributed by atoms with Crippen molar-refractivity contribution in [1.29, 1.82) is 0 Å². The number of pyridine rings is 1. The molecule has 0 bridgehead atoms. The minimum atomic E-state index is -4.79. The van der Waals surface area contributed by atoms with Gasteiger partial charge in [0.25, 0.3) is 11.2 Å². The molecule has 1 heterocycles. The molecular weight excluding hydrogens is 377 g/mol. The van der Waals surface area contributed by atoms with Crippen LogP contribution < -0.4 is 5.56 Å². The van der Waals surface area contributed by atoms with Crippen LogP contribution in [0.2, 0.25) is 0 Å². The molecule has 1 atom stereocenters. The lowest BCUT2D eigenvalue weighted by Crippen LogP contribution is -2.31. The van der Waals surface area contributed by atoms with Crippen molar-refractivity contribution in [3.63, 3.8) is 0 Å². The molecule has 3 aromatic rings. The Morgan fingerprint density at radius 1 is 1.03 bits per heavy atom. The van der Waals surface area contributed by atoms with Crippen LogP contribution in [0.5, 0.6) is 0 Å². The number of hydrogen-bond donors (Lipinski definition) is 0. The molecule has 0 N–H and O–H groups in total. The highest BCUT2D eigenvalue weighted by Gasteiger charge is 2.37. The Labute approximate surface area is 165 Å². The highest BCUT2D eigenvalue weighted by molar-refractivity contribution is 5.66. The molecule has 0 aliphatic heterocycles. The molecule has 1 aliphatic rings. The summed E-state index contributed by atoms with van der Waals surface area (Å²) in [5.41, 5.74) is -0.258. The van der Waals surface area contributed by atoms with Crippen molar-refractivity contribution in [3.8, 4) is 11.3 Å². The average Bonchev–Trinajstić information content (AvgIpc) is 2.72. The fourth-order valence-corrected chi connectivity index (χ4v) is 4.07. The van der Waals surface area contributed by atoms with Gasteiger partial charge in [-0.05, 0) is 42.0 Å². The largest absolute Gasteiger partial charge is 0.407 e. The monoisotopic (exact) mass is 394 g/mol. The summed E-state index contributed by atoms with van der Waals surface area (Å²) in [6.07, 6.45) is -2.49. The smallest absolute Gasteiger partial charge is 0.310 e. The molecule has 0 radical (unpaired) electrons. The fraction of sp³-hybridized carbons (Fsp3) is 0.217. The molecular formula is C23H17F3N2O. The number of aryl methyl sites for hydroxylation is 1. The summed E-state index contributed by atoms with van der Waals surface area (Å²) in [7, 11) is 0. The normalized spacial score (nSPS) is 16.1. The Balaban J connectivity index is 2.07. The van der Waals surface area contributed by atoms with E-state index in [1.165, 1.54) is 4.57 Å². The zero-order chi connectivity index (χ0) is 20.6. The van der Waals surface area contributed by atoms with Gasteiger partial charge in [0.2, 0.25) is 0 Å². The number of aromatic nitrogens is 1. The average molecular weight is 394 g/mol. The Morgan fingerprint density at radius 3 is 2.41 bits per heavy atom. The van der Waals surface area contributed by atoms with Crippen molar-refractivity contribution >= 4 is 5.69 Å². The van der Waals surface area contributed by atoms with Crippen LogP contribution in [0, 0.1) is 6.57 Å². The predicted molar refractivity (Wildman–Crippen MR) is 105 cm³/mol. The second-order valence-electron chi connectivity index (χ2n) is 7.05. The van der Waals surface area contributed by atoms with E-state index in [1.54, 1.807) is 30.3 Å². The molecule has 2 aromatic carbocycles. The van der Waals surface area contributed by atoms with Crippen LogP contribution in [0.15, 0.2) is 65.5 Å². The first-order valence-electron chi connectivity index (χ1n) is 9.29. The topological polar surface area (TPSA) is 26.4 Å². The number of fused-ring (bicyclic) bond motifs is 1. The van der Waals surface area contributed by atoms with Gasteiger partial charge in [0.15, 0.2) is 0 Å². The molecule has 0 spiro atoms. The molecule has 146 valence electrons. The molecule has 0 fully saturated rings. The summed E-state index contributed by atoms with van der Waals surface area (Å²) < 4.78 is 42.3. The van der Waals surface area contributed by atoms with Crippen molar-refractivity contribution in [1.82, 2.24) is 4.57 Å². The summed E-state index contributed by atoms with van der Waals surface area (Å²) in [6.45, 7) is 7.25. The van der Waals surface area contributed by atoms with Crippen LogP contribution >= 0.6 is 0 Å². The molecule has 0 saturated carbocycles. The number of alkyl halides is 3. The second kappa shape index (κ2) is 7.25. The molecule has 4 rings (SSSR count). The van der Waals surface area contributed by atoms with Crippen molar-refractivity contribution < 1.29 is 13.2 Å². The van der Waals surface area contributed by atoms with Gasteiger partial charge in [-0.2, -0.15) is 13.2 Å². The first-order valence-corrected chi connectivity index (χ1v) is 9.29. The number of hydrogen-bond acceptors (Lipinski definition) is 1. The minimum absolute atomic E-state index is 0.178. The molecule has 29 heavy (non-hydrogen) atoms. The van der Waals surface area contributed by atoms with Gasteiger partial charge in [-0.3, -0.25) is 4.79 Å². The molecule has 0 saturated heterocycles. The summed E-state index contributed by atoms with van der Waals surface area (Å²) >= 11 is 0. The highest BCUT2D eigenvalue weighted by Crippen LogP contribution is 2.40. The summed E-state index contributed by atoms with van der Waals surface area (Å²) in [4.78, 5) is 16.2. The lowest BCUT2D eigenvalue weighted by Gasteiger charge is -2.30. The number of benzene rings is 2. The van der Waals surface area contributed by atoms with E-state index in [4.69, 9.17) is 6.57 Å². The van der Waals surface area contributed by atoms with E-state index in [2.05, 4.69) is 4.85 Å². The molecule has 3 nitrogen and oxygen atoms in total. The predicted octanol–water partition coefficient (Wildman–Crippen LogP) is 6.01. The van der Waals surface area contributed by atoms with Crippen LogP contribution in [-0.2, 0) is 12.6 Å². The van der Waals surface area contributed by atoms with Crippen LogP contribution in [0.4, 0.5) is 18.9 Å². The molecule has 1 aliphatic carbocycles. The first kappa shape index (κ1) is 19.0. The third-order valence-corrected chi connectivity index (χ3v) is 5.35. The van der Waals surface area contributed by atoms with Crippen LogP contribution in [0.3, 0.4) is 0 Å². The lowest BCUT2D eigenvalue weighted by atomic mass is 9.87. The zero-order valence-electron chi connectivity index (χ0n) is 15.4. The fourth-order valence-electron chi connectivity index (χ4n) is 4.07. The number of halogens is 3. The SMILES string of the molecule is [C-]#[N+]c1c(C(F)(F)F)cc(-c2ccccc2)n(C2CCCc3ccccc32)c1=O. The van der Waals surface area contributed by atoms with Crippen LogP contribution in [0.1, 0.15) is 35.6 Å². The quantitative estimate of drug-likeness (QED) is 0.489. The standard InChI is InChI=1S/C23H17F3N2O/c1-27-21-18(23(24,25)26)14-20(16-9-3-2-4-10-16)28(22(21)29)19-13-7-11-15-8-5-6-12-17(15)19/h2-6,8-10,12,14,19H,7,11,13H2. The maximum Gasteiger partial charge on any atom is 0.407 e. The summed E-state index contributed by atoms with van der Waals surface area (Å²) in [5, 5.41) is 0. The van der Waals surface area contributed by atoms with Gasteiger partial charge in [-0.25, -0.2) is 4.85 Å². The molecule has 1 unspecified atom stereocenters. The van der Waals surface area contributed by atoms with Gasteiger partial charge in [0, 0.05) is 5.69 Å². The maximum absolute atomic E-state index is 13.6. The van der Waals surface area contributed by atoms with Gasteiger partial charge in [-0.15, -0.1) is 0 Å².